The van der Waals surface area contributed by atoms with E-state index in [1.807, 2.05) is 0 Å². The van der Waals surface area contributed by atoms with E-state index in [-0.39, 0.29) is 12.0 Å². The Bertz CT molecular complexity index is 561. The zero-order valence-electron chi connectivity index (χ0n) is 7.45. The van der Waals surface area contributed by atoms with Gasteiger partial charge < -0.3 is 5.11 Å². The Morgan fingerprint density at radius 3 is 3.07 bits per heavy atom. The molecule has 0 spiro atoms. The van der Waals surface area contributed by atoms with E-state index in [9.17, 15) is 9.59 Å². The first-order valence-corrected chi connectivity index (χ1v) is 4.91. The van der Waals surface area contributed by atoms with Crippen molar-refractivity contribution in [2.45, 2.75) is 12.8 Å². The quantitative estimate of drug-likeness (QED) is 0.762. The summed E-state index contributed by atoms with van der Waals surface area (Å²) in [5, 5.41) is 20.2. The van der Waals surface area contributed by atoms with Crippen molar-refractivity contribution in [1.82, 2.24) is 19.8 Å². The molecular weight excluding hydrogens is 220 g/mol. The van der Waals surface area contributed by atoms with Crippen LogP contribution in [0, 0.1) is 0 Å². The maximum absolute atomic E-state index is 11.2. The second kappa shape index (κ2) is 3.73. The molecule has 0 aromatic carbocycles. The Morgan fingerprint density at radius 2 is 2.40 bits per heavy atom. The van der Waals surface area contributed by atoms with Gasteiger partial charge in [0, 0.05) is 6.42 Å². The van der Waals surface area contributed by atoms with Gasteiger partial charge in [0.15, 0.2) is 0 Å². The topological polar surface area (TPSA) is 97.4 Å². The monoisotopic (exact) mass is 226 g/mol. The highest BCUT2D eigenvalue weighted by Gasteiger charge is 2.08. The fraction of sp³-hybridized carbons (Fsp3) is 0.286. The molecule has 1 N–H and O–H groups in total. The molecule has 2 aromatic rings. The van der Waals surface area contributed by atoms with E-state index in [0.717, 1.165) is 10.7 Å². The third kappa shape index (κ3) is 1.99. The molecule has 0 saturated carbocycles. The minimum Gasteiger partial charge on any atom is -0.481 e. The molecule has 0 atom stereocenters. The van der Waals surface area contributed by atoms with Crippen LogP contribution in [0.15, 0.2) is 11.0 Å². The average molecular weight is 226 g/mol. The SMILES string of the molecule is O=C(O)CCc1nn2c(=O)cnnc2s1. The number of nitrogens with zero attached hydrogens (tertiary/aromatic N) is 4. The van der Waals surface area contributed by atoms with Gasteiger partial charge in [0.25, 0.3) is 5.56 Å². The lowest BCUT2D eigenvalue weighted by Gasteiger charge is -1.88. The van der Waals surface area contributed by atoms with Gasteiger partial charge >= 0.3 is 5.97 Å². The maximum Gasteiger partial charge on any atom is 0.303 e. The molecule has 0 aliphatic carbocycles. The molecule has 7 nitrogen and oxygen atoms in total. The van der Waals surface area contributed by atoms with Gasteiger partial charge in [0.1, 0.15) is 11.2 Å². The number of carbonyl (C=O) groups is 1. The minimum absolute atomic E-state index is 0.0119. The van der Waals surface area contributed by atoms with Crippen LogP contribution in [0.3, 0.4) is 0 Å². The standard InChI is InChI=1S/C7H6N4O3S/c12-5-3-8-9-7-11(5)10-4(15-7)1-2-6(13)14/h3H,1-2H2,(H,13,14). The first-order chi connectivity index (χ1) is 7.16. The molecule has 0 amide bonds. The van der Waals surface area contributed by atoms with Crippen molar-refractivity contribution in [1.29, 1.82) is 0 Å². The lowest BCUT2D eigenvalue weighted by Crippen LogP contribution is -2.14. The summed E-state index contributed by atoms with van der Waals surface area (Å²) in [6, 6.07) is 0. The fourth-order valence-corrected chi connectivity index (χ4v) is 1.87. The van der Waals surface area contributed by atoms with Crippen LogP contribution in [0.25, 0.3) is 4.96 Å². The maximum atomic E-state index is 11.2. The van der Waals surface area contributed by atoms with Crippen LogP contribution in [-0.4, -0.2) is 30.9 Å². The number of aromatic nitrogens is 4. The van der Waals surface area contributed by atoms with Crippen molar-refractivity contribution in [3.63, 3.8) is 0 Å². The number of aryl methyl sites for hydroxylation is 1. The molecule has 0 aliphatic rings. The second-order valence-corrected chi connectivity index (χ2v) is 3.81. The second-order valence-electron chi connectivity index (χ2n) is 2.77. The summed E-state index contributed by atoms with van der Waals surface area (Å²) in [5.41, 5.74) is -0.363. The molecule has 2 rings (SSSR count). The molecule has 0 unspecified atom stereocenters. The van der Waals surface area contributed by atoms with Gasteiger partial charge in [-0.15, -0.1) is 5.10 Å². The highest BCUT2D eigenvalue weighted by atomic mass is 32.1. The number of carboxylic acids is 1. The third-order valence-electron chi connectivity index (χ3n) is 1.67. The Kier molecular flexibility index (Phi) is 2.42. The van der Waals surface area contributed by atoms with Crippen LogP contribution in [0.2, 0.25) is 0 Å². The number of hydrogen-bond donors (Lipinski definition) is 1. The summed E-state index contributed by atoms with van der Waals surface area (Å²) >= 11 is 1.17. The van der Waals surface area contributed by atoms with Crippen LogP contribution < -0.4 is 5.56 Å². The van der Waals surface area contributed by atoms with E-state index in [4.69, 9.17) is 5.11 Å². The Morgan fingerprint density at radius 1 is 1.60 bits per heavy atom. The smallest absolute Gasteiger partial charge is 0.303 e. The van der Waals surface area contributed by atoms with E-state index in [0.29, 0.717) is 16.4 Å². The van der Waals surface area contributed by atoms with Crippen molar-refractivity contribution >= 4 is 22.3 Å². The van der Waals surface area contributed by atoms with E-state index in [1.165, 1.54) is 11.3 Å². The van der Waals surface area contributed by atoms with E-state index < -0.39 is 5.97 Å². The molecule has 15 heavy (non-hydrogen) atoms. The molecule has 8 heteroatoms. The van der Waals surface area contributed by atoms with Crippen molar-refractivity contribution in [3.05, 3.63) is 21.6 Å². The largest absolute Gasteiger partial charge is 0.481 e. The summed E-state index contributed by atoms with van der Waals surface area (Å²) in [6.07, 6.45) is 1.35. The summed E-state index contributed by atoms with van der Waals surface area (Å²) < 4.78 is 1.12. The molecule has 0 bridgehead atoms. The van der Waals surface area contributed by atoms with Crippen LogP contribution in [0.5, 0.6) is 0 Å². The van der Waals surface area contributed by atoms with Crippen LogP contribution in [-0.2, 0) is 11.2 Å². The van der Waals surface area contributed by atoms with Crippen molar-refractivity contribution in [3.8, 4) is 0 Å². The summed E-state index contributed by atoms with van der Waals surface area (Å²) in [6.45, 7) is 0. The van der Waals surface area contributed by atoms with Gasteiger partial charge in [-0.05, 0) is 0 Å². The zero-order valence-corrected chi connectivity index (χ0v) is 8.27. The highest BCUT2D eigenvalue weighted by Crippen LogP contribution is 2.11. The van der Waals surface area contributed by atoms with Gasteiger partial charge in [-0.1, -0.05) is 11.3 Å². The van der Waals surface area contributed by atoms with Gasteiger partial charge in [-0.25, -0.2) is 0 Å². The lowest BCUT2D eigenvalue weighted by atomic mass is 10.3. The van der Waals surface area contributed by atoms with Crippen molar-refractivity contribution in [2.24, 2.45) is 0 Å². The molecule has 0 fully saturated rings. The van der Waals surface area contributed by atoms with E-state index in [2.05, 4.69) is 15.3 Å². The van der Waals surface area contributed by atoms with Crippen LogP contribution in [0.4, 0.5) is 0 Å². The number of rotatable bonds is 3. The molecular formula is C7H6N4O3S. The minimum atomic E-state index is -0.896. The molecule has 2 aromatic heterocycles. The normalized spacial score (nSPS) is 10.7. The number of hydrogen-bond acceptors (Lipinski definition) is 6. The average Bonchev–Trinajstić information content (AvgIpc) is 2.59. The predicted molar refractivity (Wildman–Crippen MR) is 50.9 cm³/mol. The third-order valence-corrected chi connectivity index (χ3v) is 2.63. The number of fused-ring (bicyclic) bond motifs is 1. The fourth-order valence-electron chi connectivity index (χ4n) is 1.03. The molecule has 0 saturated heterocycles. The van der Waals surface area contributed by atoms with E-state index >= 15 is 0 Å². The van der Waals surface area contributed by atoms with Gasteiger partial charge in [-0.2, -0.15) is 14.7 Å². The first kappa shape index (κ1) is 9.71. The summed E-state index contributed by atoms with van der Waals surface area (Å²) in [4.78, 5) is 21.9. The Hall–Kier alpha value is -1.83. The number of carboxylic acid groups (broad SMARTS) is 1. The zero-order chi connectivity index (χ0) is 10.8. The lowest BCUT2D eigenvalue weighted by molar-refractivity contribution is -0.136. The van der Waals surface area contributed by atoms with Gasteiger partial charge in [0.2, 0.25) is 4.96 Å². The van der Waals surface area contributed by atoms with Crippen molar-refractivity contribution < 1.29 is 9.90 Å². The summed E-state index contributed by atoms with van der Waals surface area (Å²) in [7, 11) is 0. The van der Waals surface area contributed by atoms with Gasteiger partial charge in [-0.3, -0.25) is 9.59 Å². The van der Waals surface area contributed by atoms with Gasteiger partial charge in [0.05, 0.1) is 6.42 Å². The van der Waals surface area contributed by atoms with E-state index in [1.54, 1.807) is 0 Å². The Balaban J connectivity index is 2.35. The molecule has 2 heterocycles. The van der Waals surface area contributed by atoms with Crippen LogP contribution >= 0.6 is 11.3 Å². The first-order valence-electron chi connectivity index (χ1n) is 4.09. The molecule has 78 valence electrons. The number of aliphatic carboxylic acids is 1. The van der Waals surface area contributed by atoms with Crippen LogP contribution in [0.1, 0.15) is 11.4 Å². The predicted octanol–water partition coefficient (Wildman–Crippen LogP) is -0.437. The summed E-state index contributed by atoms with van der Waals surface area (Å²) in [5.74, 6) is -0.896. The molecule has 0 radical (unpaired) electrons. The van der Waals surface area contributed by atoms with Crippen molar-refractivity contribution in [2.75, 3.05) is 0 Å². The Labute approximate surface area is 87.0 Å². The molecule has 0 aliphatic heterocycles. The highest BCUT2D eigenvalue weighted by molar-refractivity contribution is 7.16.